The number of aromatic nitrogens is 1. The number of fused-ring (bicyclic) bond motifs is 1. The van der Waals surface area contributed by atoms with E-state index in [9.17, 15) is 19.2 Å². The zero-order valence-electron chi connectivity index (χ0n) is 17.1. The van der Waals surface area contributed by atoms with E-state index in [2.05, 4.69) is 5.32 Å². The molecule has 0 radical (unpaired) electrons. The number of oxazole rings is 1. The Labute approximate surface area is 191 Å². The van der Waals surface area contributed by atoms with Crippen LogP contribution in [0.3, 0.4) is 0 Å². The number of rotatable bonds is 7. The molecule has 164 valence electrons. The van der Waals surface area contributed by atoms with Crippen LogP contribution in [-0.4, -0.2) is 45.9 Å². The molecule has 2 aromatic carbocycles. The van der Waals surface area contributed by atoms with Gasteiger partial charge in [0, 0.05) is 18.0 Å². The van der Waals surface area contributed by atoms with Crippen molar-refractivity contribution in [1.82, 2.24) is 14.8 Å². The molecule has 1 aliphatic heterocycles. The minimum Gasteiger partial charge on any atom is -0.408 e. The maximum absolute atomic E-state index is 12.6. The summed E-state index contributed by atoms with van der Waals surface area (Å²) in [7, 11) is 0. The van der Waals surface area contributed by atoms with Crippen molar-refractivity contribution in [3.05, 3.63) is 69.6 Å². The molecule has 0 atom stereocenters. The highest BCUT2D eigenvalue weighted by atomic mass is 32.2. The molecule has 0 spiro atoms. The van der Waals surface area contributed by atoms with Gasteiger partial charge in [-0.3, -0.25) is 23.9 Å². The largest absolute Gasteiger partial charge is 0.420 e. The topological polar surface area (TPSA) is 102 Å². The van der Waals surface area contributed by atoms with Gasteiger partial charge in [0.2, 0.25) is 5.91 Å². The number of thioether (sulfide) groups is 2. The smallest absolute Gasteiger partial charge is 0.408 e. The summed E-state index contributed by atoms with van der Waals surface area (Å²) in [4.78, 5) is 51.7. The van der Waals surface area contributed by atoms with Gasteiger partial charge in [-0.05, 0) is 53.9 Å². The Hall–Kier alpha value is -3.24. The molecule has 8 nitrogen and oxygen atoms in total. The fourth-order valence-electron chi connectivity index (χ4n) is 3.21. The van der Waals surface area contributed by atoms with E-state index in [0.29, 0.717) is 16.0 Å². The van der Waals surface area contributed by atoms with Gasteiger partial charge in [-0.25, -0.2) is 4.79 Å². The molecule has 0 bridgehead atoms. The lowest BCUT2D eigenvalue weighted by Crippen LogP contribution is -2.39. The predicted molar refractivity (Wildman–Crippen MR) is 124 cm³/mol. The van der Waals surface area contributed by atoms with Crippen molar-refractivity contribution in [3.63, 3.8) is 0 Å². The van der Waals surface area contributed by atoms with E-state index in [0.717, 1.165) is 27.1 Å². The second-order valence-corrected chi connectivity index (χ2v) is 8.75. The lowest BCUT2D eigenvalue weighted by atomic mass is 10.2. The molecule has 0 unspecified atom stereocenters. The number of hydrogen-bond acceptors (Lipinski definition) is 7. The minimum absolute atomic E-state index is 0.0419. The van der Waals surface area contributed by atoms with Gasteiger partial charge >= 0.3 is 5.76 Å². The highest BCUT2D eigenvalue weighted by Gasteiger charge is 2.34. The Morgan fingerprint density at radius 2 is 1.88 bits per heavy atom. The summed E-state index contributed by atoms with van der Waals surface area (Å²) in [5.74, 6) is -1.43. The quantitative estimate of drug-likeness (QED) is 0.419. The van der Waals surface area contributed by atoms with Crippen LogP contribution in [0.2, 0.25) is 0 Å². The molecule has 4 rings (SSSR count). The molecule has 3 aromatic rings. The van der Waals surface area contributed by atoms with Gasteiger partial charge in [-0.2, -0.15) is 0 Å². The minimum atomic E-state index is -0.622. The molecule has 1 N–H and O–H groups in total. The van der Waals surface area contributed by atoms with Gasteiger partial charge in [-0.15, -0.1) is 11.8 Å². The Morgan fingerprint density at radius 3 is 2.62 bits per heavy atom. The van der Waals surface area contributed by atoms with Crippen molar-refractivity contribution in [2.45, 2.75) is 11.4 Å². The summed E-state index contributed by atoms with van der Waals surface area (Å²) in [6, 6.07) is 14.5. The van der Waals surface area contributed by atoms with Crippen LogP contribution in [0.1, 0.15) is 5.56 Å². The highest BCUT2D eigenvalue weighted by molar-refractivity contribution is 8.18. The zero-order chi connectivity index (χ0) is 22.7. The van der Waals surface area contributed by atoms with Crippen LogP contribution in [0.15, 0.2) is 67.5 Å². The van der Waals surface area contributed by atoms with E-state index in [1.165, 1.54) is 4.57 Å². The molecule has 1 aliphatic rings. The Kier molecular flexibility index (Phi) is 6.52. The number of nitrogens with one attached hydrogen (secondary N) is 1. The molecular formula is C22H19N3O5S2. The number of hydrogen-bond donors (Lipinski definition) is 1. The third kappa shape index (κ3) is 4.66. The van der Waals surface area contributed by atoms with E-state index in [1.54, 1.807) is 42.1 Å². The van der Waals surface area contributed by atoms with Crippen LogP contribution >= 0.6 is 23.5 Å². The SMILES string of the molecule is CSc1ccc(/C=C2/SC(=O)N(CCNC(=O)Cn3c(=O)oc4ccccc43)C2=O)cc1. The van der Waals surface area contributed by atoms with Gasteiger partial charge in [0.15, 0.2) is 5.58 Å². The normalized spacial score (nSPS) is 15.2. The third-order valence-corrected chi connectivity index (χ3v) is 6.47. The number of para-hydroxylation sites is 2. The van der Waals surface area contributed by atoms with Crippen LogP contribution < -0.4 is 11.1 Å². The standard InChI is InChI=1S/C22H19N3O5S2/c1-31-15-8-6-14(7-9-15)12-18-20(27)24(22(29)32-18)11-10-23-19(26)13-25-16-4-2-3-5-17(16)30-21(25)28/h2-9,12H,10-11,13H2,1H3,(H,23,26)/b18-12+. The van der Waals surface area contributed by atoms with Crippen molar-refractivity contribution >= 4 is 57.8 Å². The molecule has 2 heterocycles. The maximum Gasteiger partial charge on any atom is 0.420 e. The van der Waals surface area contributed by atoms with E-state index in [-0.39, 0.29) is 30.8 Å². The summed E-state index contributed by atoms with van der Waals surface area (Å²) < 4.78 is 6.34. The number of amides is 3. The van der Waals surface area contributed by atoms with Gasteiger partial charge in [0.05, 0.1) is 10.4 Å². The summed E-state index contributed by atoms with van der Waals surface area (Å²) in [5.41, 5.74) is 1.76. The molecule has 3 amide bonds. The van der Waals surface area contributed by atoms with Gasteiger partial charge < -0.3 is 9.73 Å². The lowest BCUT2D eigenvalue weighted by Gasteiger charge is -2.13. The second-order valence-electron chi connectivity index (χ2n) is 6.88. The van der Waals surface area contributed by atoms with E-state index >= 15 is 0 Å². The summed E-state index contributed by atoms with van der Waals surface area (Å²) in [5, 5.41) is 2.26. The number of nitrogens with zero attached hydrogens (tertiary/aromatic N) is 2. The Balaban J connectivity index is 1.34. The molecular weight excluding hydrogens is 450 g/mol. The first kappa shape index (κ1) is 22.0. The first-order valence-corrected chi connectivity index (χ1v) is 11.7. The van der Waals surface area contributed by atoms with Crippen molar-refractivity contribution in [2.24, 2.45) is 0 Å². The third-order valence-electron chi connectivity index (χ3n) is 4.82. The Morgan fingerprint density at radius 1 is 1.12 bits per heavy atom. The van der Waals surface area contributed by atoms with Gasteiger partial charge in [-0.1, -0.05) is 24.3 Å². The van der Waals surface area contributed by atoms with Gasteiger partial charge in [0.1, 0.15) is 6.54 Å². The maximum atomic E-state index is 12.6. The van der Waals surface area contributed by atoms with E-state index in [1.807, 2.05) is 30.5 Å². The van der Waals surface area contributed by atoms with Crippen LogP contribution in [0.25, 0.3) is 17.2 Å². The molecule has 10 heteroatoms. The number of carbonyl (C=O) groups is 3. The molecule has 1 saturated heterocycles. The van der Waals surface area contributed by atoms with E-state index in [4.69, 9.17) is 4.42 Å². The van der Waals surface area contributed by atoms with Crippen molar-refractivity contribution < 1.29 is 18.8 Å². The number of carbonyl (C=O) groups excluding carboxylic acids is 3. The highest BCUT2D eigenvalue weighted by Crippen LogP contribution is 2.32. The van der Waals surface area contributed by atoms with Crippen molar-refractivity contribution in [3.8, 4) is 0 Å². The number of benzene rings is 2. The molecule has 32 heavy (non-hydrogen) atoms. The van der Waals surface area contributed by atoms with Crippen LogP contribution in [0.4, 0.5) is 4.79 Å². The average Bonchev–Trinajstić information content (AvgIpc) is 3.24. The molecule has 1 aromatic heterocycles. The van der Waals surface area contributed by atoms with Crippen molar-refractivity contribution in [2.75, 3.05) is 19.3 Å². The van der Waals surface area contributed by atoms with Crippen LogP contribution in [0.5, 0.6) is 0 Å². The summed E-state index contributed by atoms with van der Waals surface area (Å²) >= 11 is 2.50. The first-order valence-electron chi connectivity index (χ1n) is 9.71. The fraction of sp³-hybridized carbons (Fsp3) is 0.182. The fourth-order valence-corrected chi connectivity index (χ4v) is 4.49. The van der Waals surface area contributed by atoms with Crippen LogP contribution in [-0.2, 0) is 16.1 Å². The molecule has 1 fully saturated rings. The second kappa shape index (κ2) is 9.49. The summed E-state index contributed by atoms with van der Waals surface area (Å²) in [6.45, 7) is -0.0962. The first-order chi connectivity index (χ1) is 15.5. The van der Waals surface area contributed by atoms with Gasteiger partial charge in [0.25, 0.3) is 11.1 Å². The average molecular weight is 470 g/mol. The monoisotopic (exact) mass is 469 g/mol. The Bertz CT molecular complexity index is 1280. The van der Waals surface area contributed by atoms with Crippen molar-refractivity contribution in [1.29, 1.82) is 0 Å². The predicted octanol–water partition coefficient (Wildman–Crippen LogP) is 3.17. The number of imide groups is 1. The molecule has 0 aliphatic carbocycles. The molecule has 0 saturated carbocycles. The van der Waals surface area contributed by atoms with Crippen LogP contribution in [0, 0.1) is 0 Å². The lowest BCUT2D eigenvalue weighted by molar-refractivity contribution is -0.124. The zero-order valence-corrected chi connectivity index (χ0v) is 18.7. The summed E-state index contributed by atoms with van der Waals surface area (Å²) in [6.07, 6.45) is 3.67. The van der Waals surface area contributed by atoms with E-state index < -0.39 is 11.7 Å².